The van der Waals surface area contributed by atoms with Crippen LogP contribution >= 0.6 is 0 Å². The lowest BCUT2D eigenvalue weighted by Gasteiger charge is -2.09. The predicted molar refractivity (Wildman–Crippen MR) is 139 cm³/mol. The molecule has 0 unspecified atom stereocenters. The number of nitrogens with zero attached hydrogens (tertiary/aromatic N) is 5. The van der Waals surface area contributed by atoms with E-state index in [1.165, 1.54) is 12.1 Å². The number of carbonyl (C=O) groups is 1. The van der Waals surface area contributed by atoms with Crippen LogP contribution in [-0.4, -0.2) is 41.0 Å². The van der Waals surface area contributed by atoms with Gasteiger partial charge in [0.15, 0.2) is 17.1 Å². The number of halogens is 1. The Morgan fingerprint density at radius 3 is 2.68 bits per heavy atom. The summed E-state index contributed by atoms with van der Waals surface area (Å²) in [7, 11) is 0. The van der Waals surface area contributed by atoms with Gasteiger partial charge < -0.3 is 10.3 Å². The fraction of sp³-hybridized carbons (Fsp3) is 0.111. The van der Waals surface area contributed by atoms with Crippen molar-refractivity contribution in [2.45, 2.75) is 13.8 Å². The zero-order valence-electron chi connectivity index (χ0n) is 20.0. The Labute approximate surface area is 210 Å². The van der Waals surface area contributed by atoms with Crippen molar-refractivity contribution in [3.8, 4) is 33.8 Å². The number of hydrogen-bond donors (Lipinski definition) is 3. The molecule has 6 aromatic rings. The van der Waals surface area contributed by atoms with Crippen LogP contribution in [0.25, 0.3) is 56.0 Å². The molecule has 0 aliphatic rings. The first-order valence-corrected chi connectivity index (χ1v) is 11.7. The second-order valence-electron chi connectivity index (χ2n) is 8.95. The maximum absolute atomic E-state index is 13.9. The van der Waals surface area contributed by atoms with E-state index < -0.39 is 0 Å². The highest BCUT2D eigenvalue weighted by Crippen LogP contribution is 2.32. The maximum Gasteiger partial charge on any atom is 0.226 e. The lowest BCUT2D eigenvalue weighted by atomic mass is 10.1. The standard InChI is InChI=1S/C27H21FN8O/c1-14(2)27(37)32-19-9-16(11-29-13-19)17-10-21-23(35-36-24(21)31-12-17)26-33-22-20(6-7-30-25(22)34-26)15-4-3-5-18(28)8-15/h3-14H,1-2H3,(H,32,37)(H,30,33,34)(H,31,35,36). The fourth-order valence-electron chi connectivity index (χ4n) is 4.12. The molecule has 3 N–H and O–H groups in total. The summed E-state index contributed by atoms with van der Waals surface area (Å²) in [6, 6.07) is 12.0. The molecule has 182 valence electrons. The van der Waals surface area contributed by atoms with Gasteiger partial charge in [-0.3, -0.25) is 14.9 Å². The Bertz CT molecular complexity index is 1790. The minimum atomic E-state index is -0.317. The summed E-state index contributed by atoms with van der Waals surface area (Å²) in [6.07, 6.45) is 6.68. The van der Waals surface area contributed by atoms with Crippen LogP contribution < -0.4 is 5.32 Å². The van der Waals surface area contributed by atoms with Gasteiger partial charge in [-0.05, 0) is 35.9 Å². The Hall–Kier alpha value is -4.99. The first-order chi connectivity index (χ1) is 18.0. The van der Waals surface area contributed by atoms with Crippen molar-refractivity contribution < 1.29 is 9.18 Å². The second kappa shape index (κ2) is 8.90. The number of aromatic nitrogens is 7. The number of benzene rings is 1. The number of anilines is 1. The number of amides is 1. The van der Waals surface area contributed by atoms with Crippen LogP contribution in [-0.2, 0) is 4.79 Å². The zero-order chi connectivity index (χ0) is 25.5. The number of pyridine rings is 3. The number of aromatic amines is 2. The molecule has 0 saturated heterocycles. The van der Waals surface area contributed by atoms with Crippen LogP contribution in [0.2, 0.25) is 0 Å². The van der Waals surface area contributed by atoms with Gasteiger partial charge in [-0.1, -0.05) is 26.0 Å². The Balaban J connectivity index is 1.41. The summed E-state index contributed by atoms with van der Waals surface area (Å²) in [6.45, 7) is 3.67. The number of H-pyrrole nitrogens is 2. The molecule has 5 heterocycles. The Kier molecular flexibility index (Phi) is 5.41. The highest BCUT2D eigenvalue weighted by molar-refractivity contribution is 5.96. The molecule has 37 heavy (non-hydrogen) atoms. The van der Waals surface area contributed by atoms with Crippen LogP contribution in [0.3, 0.4) is 0 Å². The average Bonchev–Trinajstić information content (AvgIpc) is 3.52. The minimum Gasteiger partial charge on any atom is -0.335 e. The van der Waals surface area contributed by atoms with Crippen LogP contribution in [0, 0.1) is 11.7 Å². The lowest BCUT2D eigenvalue weighted by molar-refractivity contribution is -0.118. The predicted octanol–water partition coefficient (Wildman–Crippen LogP) is 5.36. The van der Waals surface area contributed by atoms with Gasteiger partial charge in [-0.25, -0.2) is 19.3 Å². The molecule has 0 aliphatic carbocycles. The Morgan fingerprint density at radius 1 is 0.973 bits per heavy atom. The summed E-state index contributed by atoms with van der Waals surface area (Å²) in [4.78, 5) is 33.2. The fourth-order valence-corrected chi connectivity index (χ4v) is 4.12. The number of imidazole rings is 1. The third-order valence-corrected chi connectivity index (χ3v) is 6.04. The number of carbonyl (C=O) groups excluding carboxylic acids is 1. The van der Waals surface area contributed by atoms with Crippen molar-refractivity contribution in [2.24, 2.45) is 5.92 Å². The summed E-state index contributed by atoms with van der Waals surface area (Å²) in [5, 5.41) is 11.0. The third kappa shape index (κ3) is 4.18. The van der Waals surface area contributed by atoms with Gasteiger partial charge in [-0.15, -0.1) is 0 Å². The molecule has 0 spiro atoms. The molecule has 6 rings (SSSR count). The van der Waals surface area contributed by atoms with Crippen molar-refractivity contribution in [1.82, 2.24) is 35.1 Å². The highest BCUT2D eigenvalue weighted by Gasteiger charge is 2.17. The molecular weight excluding hydrogens is 471 g/mol. The van der Waals surface area contributed by atoms with Crippen molar-refractivity contribution in [2.75, 3.05) is 5.32 Å². The van der Waals surface area contributed by atoms with Crippen LogP contribution in [0.15, 0.2) is 67.3 Å². The first-order valence-electron chi connectivity index (χ1n) is 11.7. The van der Waals surface area contributed by atoms with Gasteiger partial charge in [-0.2, -0.15) is 5.10 Å². The van der Waals surface area contributed by atoms with Crippen LogP contribution in [0.1, 0.15) is 13.8 Å². The van der Waals surface area contributed by atoms with E-state index in [-0.39, 0.29) is 17.6 Å². The lowest BCUT2D eigenvalue weighted by Crippen LogP contribution is -2.17. The SMILES string of the molecule is CC(C)C(=O)Nc1cncc(-c2cnc3n[nH]c(-c4nc5nccc(-c6cccc(F)c6)c5[nH]4)c3c2)c1. The summed E-state index contributed by atoms with van der Waals surface area (Å²) >= 11 is 0. The van der Waals surface area contributed by atoms with Gasteiger partial charge in [0.1, 0.15) is 11.5 Å². The number of nitrogens with one attached hydrogen (secondary N) is 3. The van der Waals surface area contributed by atoms with Crippen molar-refractivity contribution >= 4 is 33.8 Å². The molecule has 0 bridgehead atoms. The molecule has 9 nitrogen and oxygen atoms in total. The van der Waals surface area contributed by atoms with E-state index in [0.717, 1.165) is 27.6 Å². The number of rotatable bonds is 5. The van der Waals surface area contributed by atoms with Crippen molar-refractivity contribution in [1.29, 1.82) is 0 Å². The van der Waals surface area contributed by atoms with Gasteiger partial charge in [0.05, 0.1) is 22.8 Å². The summed E-state index contributed by atoms with van der Waals surface area (Å²) in [5.74, 6) is -0.0118. The van der Waals surface area contributed by atoms with Gasteiger partial charge in [0.25, 0.3) is 0 Å². The molecular formula is C27H21FN8O. The molecule has 10 heteroatoms. The van der Waals surface area contributed by atoms with E-state index in [4.69, 9.17) is 0 Å². The molecule has 5 aromatic heterocycles. The largest absolute Gasteiger partial charge is 0.335 e. The number of fused-ring (bicyclic) bond motifs is 2. The normalized spacial score (nSPS) is 11.5. The minimum absolute atomic E-state index is 0.0826. The molecule has 0 saturated carbocycles. The van der Waals surface area contributed by atoms with Crippen LogP contribution in [0.5, 0.6) is 0 Å². The molecule has 1 amide bonds. The van der Waals surface area contributed by atoms with Crippen LogP contribution in [0.4, 0.5) is 10.1 Å². The van der Waals surface area contributed by atoms with E-state index in [0.29, 0.717) is 34.0 Å². The number of hydrogen-bond acceptors (Lipinski definition) is 6. The highest BCUT2D eigenvalue weighted by atomic mass is 19.1. The van der Waals surface area contributed by atoms with Gasteiger partial charge in [0.2, 0.25) is 5.91 Å². The second-order valence-corrected chi connectivity index (χ2v) is 8.95. The smallest absolute Gasteiger partial charge is 0.226 e. The van der Waals surface area contributed by atoms with E-state index in [2.05, 4.69) is 40.4 Å². The quantitative estimate of drug-likeness (QED) is 0.298. The van der Waals surface area contributed by atoms with Crippen molar-refractivity contribution in [3.63, 3.8) is 0 Å². The summed E-state index contributed by atoms with van der Waals surface area (Å²) in [5.41, 5.74) is 6.07. The van der Waals surface area contributed by atoms with E-state index in [1.54, 1.807) is 30.9 Å². The third-order valence-electron chi connectivity index (χ3n) is 6.04. The average molecular weight is 493 g/mol. The van der Waals surface area contributed by atoms with Crippen molar-refractivity contribution in [3.05, 3.63) is 73.1 Å². The monoisotopic (exact) mass is 492 g/mol. The topological polar surface area (TPSA) is 125 Å². The van der Waals surface area contributed by atoms with Gasteiger partial charge in [0, 0.05) is 41.2 Å². The van der Waals surface area contributed by atoms with E-state index in [9.17, 15) is 9.18 Å². The van der Waals surface area contributed by atoms with E-state index >= 15 is 0 Å². The maximum atomic E-state index is 13.9. The van der Waals surface area contributed by atoms with E-state index in [1.807, 2.05) is 38.1 Å². The first kappa shape index (κ1) is 22.5. The Morgan fingerprint density at radius 2 is 1.84 bits per heavy atom. The molecule has 0 aliphatic heterocycles. The zero-order valence-corrected chi connectivity index (χ0v) is 20.0. The molecule has 0 atom stereocenters. The molecule has 0 radical (unpaired) electrons. The summed E-state index contributed by atoms with van der Waals surface area (Å²) < 4.78 is 13.9. The van der Waals surface area contributed by atoms with Gasteiger partial charge >= 0.3 is 0 Å². The molecule has 1 aromatic carbocycles. The molecule has 0 fully saturated rings.